The quantitative estimate of drug-likeness (QED) is 0.774. The highest BCUT2D eigenvalue weighted by Gasteiger charge is 2.44. The number of hydrogen-bond donors (Lipinski definition) is 0. The molecule has 2 heterocycles. The van der Waals surface area contributed by atoms with Crippen LogP contribution in [0.3, 0.4) is 0 Å². The van der Waals surface area contributed by atoms with Crippen molar-refractivity contribution in [2.75, 3.05) is 7.11 Å². The number of hydrogen-bond acceptors (Lipinski definition) is 6. The summed E-state index contributed by atoms with van der Waals surface area (Å²) in [7, 11) is 1.05. The van der Waals surface area contributed by atoms with Crippen molar-refractivity contribution in [1.29, 1.82) is 0 Å². The van der Waals surface area contributed by atoms with Gasteiger partial charge in [0.1, 0.15) is 5.69 Å². The van der Waals surface area contributed by atoms with Gasteiger partial charge in [0.2, 0.25) is 11.1 Å². The fourth-order valence-electron chi connectivity index (χ4n) is 2.10. The molecule has 3 rings (SSSR count). The van der Waals surface area contributed by atoms with Gasteiger partial charge in [0.25, 0.3) is 0 Å². The minimum absolute atomic E-state index is 0.0767. The normalized spacial score (nSPS) is 14.5. The number of carbonyl (C=O) groups is 1. The number of halogens is 3. The first-order valence-corrected chi connectivity index (χ1v) is 6.50. The smallest absolute Gasteiger partial charge is 0.464 e. The molecule has 0 saturated carbocycles. The second-order valence-electron chi connectivity index (χ2n) is 4.84. The van der Waals surface area contributed by atoms with Crippen LogP contribution in [0, 0.1) is 12.7 Å². The van der Waals surface area contributed by atoms with Gasteiger partial charge in [0.05, 0.1) is 7.11 Å². The molecule has 7 nitrogen and oxygen atoms in total. The molecular weight excluding hydrogens is 333 g/mol. The van der Waals surface area contributed by atoms with E-state index in [0.29, 0.717) is 6.07 Å². The lowest BCUT2D eigenvalue weighted by atomic mass is 10.2. The van der Waals surface area contributed by atoms with Gasteiger partial charge in [-0.15, -0.1) is 8.78 Å². The number of aromatic nitrogens is 2. The number of esters is 1. The van der Waals surface area contributed by atoms with Crippen molar-refractivity contribution in [3.05, 3.63) is 45.6 Å². The Balaban J connectivity index is 2.16. The molecule has 2 aromatic rings. The number of ether oxygens (including phenoxy) is 3. The van der Waals surface area contributed by atoms with Gasteiger partial charge in [0.15, 0.2) is 17.3 Å². The maximum absolute atomic E-state index is 14.2. The highest BCUT2D eigenvalue weighted by molar-refractivity contribution is 5.87. The van der Waals surface area contributed by atoms with Crippen LogP contribution in [0.5, 0.6) is 11.5 Å². The molecule has 1 aromatic heterocycles. The summed E-state index contributed by atoms with van der Waals surface area (Å²) in [6.07, 6.45) is -2.76. The number of nitrogens with zero attached hydrogens (tertiary/aromatic N) is 2. The zero-order chi connectivity index (χ0) is 17.6. The van der Waals surface area contributed by atoms with Crippen LogP contribution in [0.25, 0.3) is 5.69 Å². The minimum atomic E-state index is -3.91. The summed E-state index contributed by atoms with van der Waals surface area (Å²) in [5.41, 5.74) is -1.50. The van der Waals surface area contributed by atoms with Crippen molar-refractivity contribution in [3.8, 4) is 17.2 Å². The summed E-state index contributed by atoms with van der Waals surface area (Å²) in [6.45, 7) is 1.38. The van der Waals surface area contributed by atoms with Crippen LogP contribution in [-0.4, -0.2) is 29.2 Å². The fourth-order valence-corrected chi connectivity index (χ4v) is 2.10. The summed E-state index contributed by atoms with van der Waals surface area (Å²) in [5, 5.41) is 3.70. The summed E-state index contributed by atoms with van der Waals surface area (Å²) in [6, 6.07) is 1.61. The fraction of sp³-hybridized carbons (Fsp3) is 0.214. The number of rotatable bonds is 2. The lowest BCUT2D eigenvalue weighted by Crippen LogP contribution is -2.26. The lowest BCUT2D eigenvalue weighted by Gasteiger charge is -2.10. The van der Waals surface area contributed by atoms with E-state index >= 15 is 0 Å². The first-order chi connectivity index (χ1) is 11.2. The zero-order valence-corrected chi connectivity index (χ0v) is 12.3. The molecule has 0 saturated heterocycles. The highest BCUT2D eigenvalue weighted by atomic mass is 19.3. The van der Waals surface area contributed by atoms with Crippen LogP contribution in [0.2, 0.25) is 0 Å². The van der Waals surface area contributed by atoms with E-state index in [1.54, 1.807) is 0 Å². The first-order valence-electron chi connectivity index (χ1n) is 6.50. The molecule has 0 atom stereocenters. The minimum Gasteiger partial charge on any atom is -0.464 e. The number of methoxy groups -OCH3 is 1. The van der Waals surface area contributed by atoms with Gasteiger partial charge < -0.3 is 14.2 Å². The Hall–Kier alpha value is -3.04. The Morgan fingerprint density at radius 3 is 2.54 bits per heavy atom. The molecule has 0 radical (unpaired) electrons. The van der Waals surface area contributed by atoms with Crippen molar-refractivity contribution in [1.82, 2.24) is 9.78 Å². The average Bonchev–Trinajstić information content (AvgIpc) is 2.81. The van der Waals surface area contributed by atoms with E-state index in [2.05, 4.69) is 19.3 Å². The van der Waals surface area contributed by atoms with Crippen LogP contribution >= 0.6 is 0 Å². The first kappa shape index (κ1) is 15.8. The number of benzene rings is 1. The summed E-state index contributed by atoms with van der Waals surface area (Å²) in [5.74, 6) is -2.87. The van der Waals surface area contributed by atoms with E-state index in [1.165, 1.54) is 6.92 Å². The topological polar surface area (TPSA) is 79.7 Å². The average molecular weight is 342 g/mol. The van der Waals surface area contributed by atoms with Crippen LogP contribution in [0.4, 0.5) is 13.2 Å². The van der Waals surface area contributed by atoms with Gasteiger partial charge in [-0.05, 0) is 6.92 Å². The molecule has 126 valence electrons. The standard InChI is InChI=1S/C14H9F3N2O5/c1-6-5-19(18-11(12(6)20)13(21)22-2)8-4-10-9(3-7(8)15)23-14(16,17)24-10/h3-5H,1-2H3. The molecule has 1 aliphatic rings. The van der Waals surface area contributed by atoms with Gasteiger partial charge in [0, 0.05) is 23.9 Å². The van der Waals surface area contributed by atoms with Crippen molar-refractivity contribution in [2.24, 2.45) is 0 Å². The maximum Gasteiger partial charge on any atom is 0.586 e. The predicted octanol–water partition coefficient (Wildman–Crippen LogP) is 1.79. The van der Waals surface area contributed by atoms with Crippen molar-refractivity contribution in [3.63, 3.8) is 0 Å². The zero-order valence-electron chi connectivity index (χ0n) is 12.3. The molecular formula is C14H9F3N2O5. The van der Waals surface area contributed by atoms with Crippen LogP contribution in [-0.2, 0) is 4.74 Å². The van der Waals surface area contributed by atoms with Crippen molar-refractivity contribution >= 4 is 5.97 Å². The van der Waals surface area contributed by atoms with E-state index in [-0.39, 0.29) is 11.3 Å². The third kappa shape index (κ3) is 2.55. The molecule has 0 fully saturated rings. The molecule has 1 aromatic carbocycles. The molecule has 24 heavy (non-hydrogen) atoms. The van der Waals surface area contributed by atoms with Crippen LogP contribution in [0.15, 0.2) is 23.1 Å². The third-order valence-electron chi connectivity index (χ3n) is 3.19. The number of fused-ring (bicyclic) bond motifs is 1. The monoisotopic (exact) mass is 342 g/mol. The van der Waals surface area contributed by atoms with Crippen LogP contribution in [0.1, 0.15) is 16.1 Å². The summed E-state index contributed by atoms with van der Waals surface area (Å²) >= 11 is 0. The maximum atomic E-state index is 14.2. The van der Waals surface area contributed by atoms with Gasteiger partial charge in [-0.1, -0.05) is 0 Å². The summed E-state index contributed by atoms with van der Waals surface area (Å²) < 4.78 is 54.0. The van der Waals surface area contributed by atoms with E-state index in [9.17, 15) is 22.8 Å². The Morgan fingerprint density at radius 2 is 1.92 bits per heavy atom. The number of aryl methyl sites for hydroxylation is 1. The van der Waals surface area contributed by atoms with Gasteiger partial charge in [-0.2, -0.15) is 5.10 Å². The molecule has 10 heteroatoms. The molecule has 0 bridgehead atoms. The molecule has 1 aliphatic heterocycles. The van der Waals surface area contributed by atoms with E-state index < -0.39 is 40.7 Å². The van der Waals surface area contributed by atoms with E-state index in [4.69, 9.17) is 0 Å². The largest absolute Gasteiger partial charge is 0.586 e. The molecule has 0 unspecified atom stereocenters. The number of carbonyl (C=O) groups excluding carboxylic acids is 1. The van der Waals surface area contributed by atoms with E-state index in [0.717, 1.165) is 24.1 Å². The Bertz CT molecular complexity index is 910. The lowest BCUT2D eigenvalue weighted by molar-refractivity contribution is -0.286. The molecule has 0 aliphatic carbocycles. The van der Waals surface area contributed by atoms with Crippen molar-refractivity contribution in [2.45, 2.75) is 13.2 Å². The Kier molecular flexibility index (Phi) is 3.47. The molecule has 0 N–H and O–H groups in total. The summed E-state index contributed by atoms with van der Waals surface area (Å²) in [4.78, 5) is 23.5. The molecule has 0 amide bonds. The predicted molar refractivity (Wildman–Crippen MR) is 72.1 cm³/mol. The number of alkyl halides is 2. The van der Waals surface area contributed by atoms with Gasteiger partial charge in [-0.3, -0.25) is 4.79 Å². The van der Waals surface area contributed by atoms with E-state index in [1.807, 2.05) is 0 Å². The molecule has 0 spiro atoms. The Labute approximate surface area is 132 Å². The van der Waals surface area contributed by atoms with Crippen molar-refractivity contribution < 1.29 is 32.2 Å². The Morgan fingerprint density at radius 1 is 1.29 bits per heavy atom. The second kappa shape index (κ2) is 5.25. The second-order valence-corrected chi connectivity index (χ2v) is 4.84. The highest BCUT2D eigenvalue weighted by Crippen LogP contribution is 2.42. The van der Waals surface area contributed by atoms with Gasteiger partial charge >= 0.3 is 12.3 Å². The van der Waals surface area contributed by atoms with Crippen LogP contribution < -0.4 is 14.9 Å². The SMILES string of the molecule is COC(=O)c1nn(-c2cc3c(cc2F)OC(F)(F)O3)cc(C)c1=O. The third-order valence-corrected chi connectivity index (χ3v) is 3.19. The van der Waals surface area contributed by atoms with Gasteiger partial charge in [-0.25, -0.2) is 13.9 Å².